The fourth-order valence-corrected chi connectivity index (χ4v) is 1.47. The van der Waals surface area contributed by atoms with Gasteiger partial charge in [-0.05, 0) is 24.6 Å². The molecule has 17 heavy (non-hydrogen) atoms. The maximum atomic E-state index is 11.7. The molecule has 0 atom stereocenters. The third-order valence-electron chi connectivity index (χ3n) is 2.46. The summed E-state index contributed by atoms with van der Waals surface area (Å²) in [7, 11) is 0. The Labute approximate surface area is 98.5 Å². The molecule has 0 bridgehead atoms. The number of aromatic hydroxyl groups is 1. The number of nitrogens with one attached hydrogen (secondary N) is 2. The summed E-state index contributed by atoms with van der Waals surface area (Å²) in [5.74, 6) is 0.0510. The standard InChI is InChI=1S/C12H13N3O2/c1-8-11(7-14-15-8)12(17)13-6-9-2-4-10(16)5-3-9/h2-5,7,16H,6H2,1H3,(H,13,17)(H,14,15). The molecule has 1 aromatic carbocycles. The van der Waals surface area contributed by atoms with Gasteiger partial charge >= 0.3 is 0 Å². The largest absolute Gasteiger partial charge is 0.508 e. The van der Waals surface area contributed by atoms with Crippen LogP contribution >= 0.6 is 0 Å². The van der Waals surface area contributed by atoms with Crippen LogP contribution in [0.25, 0.3) is 0 Å². The van der Waals surface area contributed by atoms with E-state index in [0.29, 0.717) is 12.1 Å². The van der Waals surface area contributed by atoms with Crippen molar-refractivity contribution in [2.75, 3.05) is 0 Å². The Morgan fingerprint density at radius 2 is 2.12 bits per heavy atom. The minimum atomic E-state index is -0.163. The van der Waals surface area contributed by atoms with Crippen LogP contribution in [0.2, 0.25) is 0 Å². The van der Waals surface area contributed by atoms with Gasteiger partial charge in [-0.1, -0.05) is 12.1 Å². The van der Waals surface area contributed by atoms with Crippen LogP contribution in [-0.4, -0.2) is 21.2 Å². The average Bonchev–Trinajstić information content (AvgIpc) is 2.74. The molecule has 2 aromatic rings. The molecule has 1 aromatic heterocycles. The Hall–Kier alpha value is -2.30. The Bertz CT molecular complexity index is 517. The number of nitrogens with zero attached hydrogens (tertiary/aromatic N) is 1. The molecule has 0 unspecified atom stereocenters. The molecule has 0 aliphatic heterocycles. The third kappa shape index (κ3) is 2.63. The lowest BCUT2D eigenvalue weighted by molar-refractivity contribution is 0.0950. The summed E-state index contributed by atoms with van der Waals surface area (Å²) in [6.45, 7) is 2.21. The predicted molar refractivity (Wildman–Crippen MR) is 62.6 cm³/mol. The number of phenolic OH excluding ortho intramolecular Hbond substituents is 1. The molecule has 2 rings (SSSR count). The molecule has 3 N–H and O–H groups in total. The highest BCUT2D eigenvalue weighted by Gasteiger charge is 2.09. The van der Waals surface area contributed by atoms with Crippen molar-refractivity contribution < 1.29 is 9.90 Å². The number of hydrogen-bond donors (Lipinski definition) is 3. The first kappa shape index (κ1) is 11.2. The number of aryl methyl sites for hydroxylation is 1. The highest BCUT2D eigenvalue weighted by atomic mass is 16.3. The summed E-state index contributed by atoms with van der Waals surface area (Å²) in [5.41, 5.74) is 2.22. The van der Waals surface area contributed by atoms with Crippen molar-refractivity contribution in [2.45, 2.75) is 13.5 Å². The molecule has 0 radical (unpaired) electrons. The minimum absolute atomic E-state index is 0.163. The van der Waals surface area contributed by atoms with Gasteiger partial charge in [0.15, 0.2) is 0 Å². The third-order valence-corrected chi connectivity index (χ3v) is 2.46. The molecule has 0 saturated heterocycles. The number of benzene rings is 1. The zero-order valence-electron chi connectivity index (χ0n) is 9.40. The molecular weight excluding hydrogens is 218 g/mol. The molecule has 1 amide bonds. The van der Waals surface area contributed by atoms with Crippen molar-refractivity contribution in [2.24, 2.45) is 0 Å². The van der Waals surface area contributed by atoms with Crippen LogP contribution in [0.4, 0.5) is 0 Å². The Morgan fingerprint density at radius 1 is 1.41 bits per heavy atom. The lowest BCUT2D eigenvalue weighted by Crippen LogP contribution is -2.23. The average molecular weight is 231 g/mol. The van der Waals surface area contributed by atoms with E-state index in [0.717, 1.165) is 11.3 Å². The SMILES string of the molecule is Cc1[nH]ncc1C(=O)NCc1ccc(O)cc1. The van der Waals surface area contributed by atoms with Crippen molar-refractivity contribution in [1.29, 1.82) is 0 Å². The maximum absolute atomic E-state index is 11.7. The molecule has 5 nitrogen and oxygen atoms in total. The van der Waals surface area contributed by atoms with E-state index in [1.165, 1.54) is 6.20 Å². The Balaban J connectivity index is 1.97. The van der Waals surface area contributed by atoms with E-state index in [1.54, 1.807) is 31.2 Å². The molecule has 88 valence electrons. The Kier molecular flexibility index (Phi) is 3.09. The number of hydrogen-bond acceptors (Lipinski definition) is 3. The second-order valence-corrected chi connectivity index (χ2v) is 3.76. The van der Waals surface area contributed by atoms with Gasteiger partial charge in [0.25, 0.3) is 5.91 Å². The number of aromatic amines is 1. The second-order valence-electron chi connectivity index (χ2n) is 3.76. The van der Waals surface area contributed by atoms with Crippen molar-refractivity contribution in [3.8, 4) is 5.75 Å². The van der Waals surface area contributed by atoms with Crippen LogP contribution in [0.3, 0.4) is 0 Å². The molecule has 0 aliphatic carbocycles. The van der Waals surface area contributed by atoms with E-state index in [2.05, 4.69) is 15.5 Å². The van der Waals surface area contributed by atoms with E-state index in [9.17, 15) is 4.79 Å². The van der Waals surface area contributed by atoms with Crippen LogP contribution in [0, 0.1) is 6.92 Å². The summed E-state index contributed by atoms with van der Waals surface area (Å²) in [6.07, 6.45) is 1.50. The quantitative estimate of drug-likeness (QED) is 0.746. The zero-order chi connectivity index (χ0) is 12.3. The number of carbonyl (C=O) groups excluding carboxylic acids is 1. The van der Waals surface area contributed by atoms with Gasteiger partial charge in [-0.15, -0.1) is 0 Å². The topological polar surface area (TPSA) is 78.0 Å². The number of phenols is 1. The normalized spacial score (nSPS) is 10.2. The second kappa shape index (κ2) is 4.69. The monoisotopic (exact) mass is 231 g/mol. The lowest BCUT2D eigenvalue weighted by Gasteiger charge is -2.04. The first-order valence-corrected chi connectivity index (χ1v) is 5.23. The van der Waals surface area contributed by atoms with E-state index in [4.69, 9.17) is 5.11 Å². The number of carbonyl (C=O) groups is 1. The highest BCUT2D eigenvalue weighted by Crippen LogP contribution is 2.09. The van der Waals surface area contributed by atoms with E-state index in [-0.39, 0.29) is 11.7 Å². The highest BCUT2D eigenvalue weighted by molar-refractivity contribution is 5.94. The molecule has 0 saturated carbocycles. The van der Waals surface area contributed by atoms with Gasteiger partial charge < -0.3 is 10.4 Å². The number of rotatable bonds is 3. The fourth-order valence-electron chi connectivity index (χ4n) is 1.47. The van der Waals surface area contributed by atoms with Gasteiger partial charge in [0.1, 0.15) is 5.75 Å². The van der Waals surface area contributed by atoms with Crippen LogP contribution in [0.5, 0.6) is 5.75 Å². The Morgan fingerprint density at radius 3 is 2.71 bits per heavy atom. The van der Waals surface area contributed by atoms with Gasteiger partial charge in [-0.2, -0.15) is 5.10 Å². The molecule has 0 aliphatic rings. The van der Waals surface area contributed by atoms with E-state index >= 15 is 0 Å². The molecular formula is C12H13N3O2. The van der Waals surface area contributed by atoms with Gasteiger partial charge in [0.2, 0.25) is 0 Å². The number of aromatic nitrogens is 2. The molecule has 0 fully saturated rings. The first-order valence-electron chi connectivity index (χ1n) is 5.23. The van der Waals surface area contributed by atoms with E-state index < -0.39 is 0 Å². The van der Waals surface area contributed by atoms with Crippen LogP contribution in [-0.2, 0) is 6.54 Å². The fraction of sp³-hybridized carbons (Fsp3) is 0.167. The van der Waals surface area contributed by atoms with Gasteiger partial charge in [-0.25, -0.2) is 0 Å². The van der Waals surface area contributed by atoms with Crippen molar-refractivity contribution in [3.05, 3.63) is 47.3 Å². The van der Waals surface area contributed by atoms with Crippen LogP contribution in [0.15, 0.2) is 30.5 Å². The van der Waals surface area contributed by atoms with Crippen LogP contribution < -0.4 is 5.32 Å². The smallest absolute Gasteiger partial charge is 0.255 e. The summed E-state index contributed by atoms with van der Waals surface area (Å²) < 4.78 is 0. The van der Waals surface area contributed by atoms with Crippen LogP contribution in [0.1, 0.15) is 21.6 Å². The van der Waals surface area contributed by atoms with Crippen molar-refractivity contribution in [1.82, 2.24) is 15.5 Å². The number of H-pyrrole nitrogens is 1. The number of amides is 1. The van der Waals surface area contributed by atoms with Gasteiger partial charge in [0, 0.05) is 12.2 Å². The lowest BCUT2D eigenvalue weighted by atomic mass is 10.2. The summed E-state index contributed by atoms with van der Waals surface area (Å²) in [4.78, 5) is 11.7. The van der Waals surface area contributed by atoms with Gasteiger partial charge in [0.05, 0.1) is 11.8 Å². The van der Waals surface area contributed by atoms with Gasteiger partial charge in [-0.3, -0.25) is 9.89 Å². The summed E-state index contributed by atoms with van der Waals surface area (Å²) in [6, 6.07) is 6.70. The maximum Gasteiger partial charge on any atom is 0.255 e. The van der Waals surface area contributed by atoms with E-state index in [1.807, 2.05) is 0 Å². The molecule has 5 heteroatoms. The molecule has 1 heterocycles. The zero-order valence-corrected chi connectivity index (χ0v) is 9.40. The predicted octanol–water partition coefficient (Wildman–Crippen LogP) is 1.35. The minimum Gasteiger partial charge on any atom is -0.508 e. The van der Waals surface area contributed by atoms with Crippen molar-refractivity contribution >= 4 is 5.91 Å². The summed E-state index contributed by atoms with van der Waals surface area (Å²) >= 11 is 0. The van der Waals surface area contributed by atoms with Crippen molar-refractivity contribution in [3.63, 3.8) is 0 Å². The first-order chi connectivity index (χ1) is 8.16. The molecule has 0 spiro atoms. The summed E-state index contributed by atoms with van der Waals surface area (Å²) in [5, 5.41) is 18.4.